The van der Waals surface area contributed by atoms with Crippen LogP contribution in [0.3, 0.4) is 0 Å². The van der Waals surface area contributed by atoms with Gasteiger partial charge in [0, 0.05) is 17.3 Å². The van der Waals surface area contributed by atoms with Gasteiger partial charge in [-0.05, 0) is 0 Å². The van der Waals surface area contributed by atoms with Gasteiger partial charge in [0.2, 0.25) is 0 Å². The number of aromatic hydroxyl groups is 2. The maximum absolute atomic E-state index is 13.4. The van der Waals surface area contributed by atoms with Crippen LogP contribution in [0.2, 0.25) is 0 Å². The van der Waals surface area contributed by atoms with Crippen molar-refractivity contribution in [2.24, 2.45) is 0 Å². The minimum atomic E-state index is -5.63. The van der Waals surface area contributed by atoms with E-state index in [2.05, 4.69) is 4.74 Å². The minimum Gasteiger partial charge on any atom is -0.744 e. The van der Waals surface area contributed by atoms with Crippen molar-refractivity contribution >= 4 is 33.3 Å². The van der Waals surface area contributed by atoms with Gasteiger partial charge >= 0.3 is 5.97 Å². The molecule has 0 unspecified atom stereocenters. The molecule has 0 fully saturated rings. The zero-order valence-electron chi connectivity index (χ0n) is 17.0. The molecule has 0 saturated carbocycles. The third kappa shape index (κ3) is 2.94. The van der Waals surface area contributed by atoms with E-state index in [1.54, 1.807) is 6.07 Å². The second-order valence-corrected chi connectivity index (χ2v) is 8.38. The zero-order valence-corrected chi connectivity index (χ0v) is 17.8. The average Bonchev–Trinajstić information content (AvgIpc) is 3.11. The highest BCUT2D eigenvalue weighted by Gasteiger charge is 2.40. The number of ether oxygens (including phenoxy) is 1. The van der Waals surface area contributed by atoms with Crippen LogP contribution in [0.25, 0.3) is 5.69 Å². The van der Waals surface area contributed by atoms with Crippen LogP contribution < -0.4 is 5.73 Å². The lowest BCUT2D eigenvalue weighted by Gasteiger charge is -2.25. The number of aromatic nitrogens is 1. The van der Waals surface area contributed by atoms with Gasteiger partial charge in [0.05, 0.1) is 29.5 Å². The topological polar surface area (TPSA) is 213 Å². The molecule has 0 amide bonds. The van der Waals surface area contributed by atoms with E-state index < -0.39 is 72.2 Å². The Morgan fingerprint density at radius 1 is 1.12 bits per heavy atom. The van der Waals surface area contributed by atoms with Gasteiger partial charge in [-0.2, -0.15) is 5.26 Å². The van der Waals surface area contributed by atoms with Crippen LogP contribution in [0.15, 0.2) is 35.4 Å². The third-order valence-electron chi connectivity index (χ3n) is 5.28. The van der Waals surface area contributed by atoms with Crippen LogP contribution in [-0.2, 0) is 14.9 Å². The number of nitrogen functional groups attached to an aromatic ring is 1. The number of fused-ring (bicyclic) bond motifs is 2. The summed E-state index contributed by atoms with van der Waals surface area (Å²) in [5.74, 6) is -5.98. The lowest BCUT2D eigenvalue weighted by atomic mass is 9.82. The summed E-state index contributed by atoms with van der Waals surface area (Å²) >= 11 is 0. The number of benzene rings is 2. The number of phenolic OH excluding ortho intramolecular Hbond substituents is 2. The van der Waals surface area contributed by atoms with E-state index in [1.807, 2.05) is 0 Å². The fourth-order valence-corrected chi connectivity index (χ4v) is 4.51. The second-order valence-electron chi connectivity index (χ2n) is 7.06. The molecule has 4 rings (SSSR count). The Hall–Kier alpha value is -4.67. The summed E-state index contributed by atoms with van der Waals surface area (Å²) in [4.78, 5) is 37.4. The maximum Gasteiger partial charge on any atom is 0.357 e. The molecule has 13 heteroatoms. The number of phenols is 2. The van der Waals surface area contributed by atoms with E-state index in [4.69, 9.17) is 5.73 Å². The number of methoxy groups -OCH3 is 1. The van der Waals surface area contributed by atoms with Crippen molar-refractivity contribution in [2.45, 2.75) is 4.90 Å². The van der Waals surface area contributed by atoms with E-state index >= 15 is 0 Å². The Balaban J connectivity index is 2.28. The quantitative estimate of drug-likeness (QED) is 0.274. The van der Waals surface area contributed by atoms with Gasteiger partial charge in [0.1, 0.15) is 32.5 Å². The summed E-state index contributed by atoms with van der Waals surface area (Å²) in [5, 5.41) is 30.7. The molecular formula is C21H12N3O9S-. The van der Waals surface area contributed by atoms with Gasteiger partial charge in [-0.15, -0.1) is 0 Å². The Morgan fingerprint density at radius 2 is 1.68 bits per heavy atom. The van der Waals surface area contributed by atoms with Crippen molar-refractivity contribution in [3.8, 4) is 23.3 Å². The smallest absolute Gasteiger partial charge is 0.357 e. The van der Waals surface area contributed by atoms with Crippen LogP contribution in [0.5, 0.6) is 11.5 Å². The van der Waals surface area contributed by atoms with Gasteiger partial charge < -0.3 is 29.8 Å². The predicted molar refractivity (Wildman–Crippen MR) is 111 cm³/mol. The number of carbonyl (C=O) groups excluding carboxylic acids is 3. The number of carbonyl (C=O) groups is 3. The second kappa shape index (κ2) is 7.44. The number of nitriles is 1. The number of hydrogen-bond acceptors (Lipinski definition) is 11. The molecule has 0 radical (unpaired) electrons. The van der Waals surface area contributed by atoms with E-state index in [9.17, 15) is 42.8 Å². The SMILES string of the molecule is COC(=O)c1c(N)c(C#N)cn1-c1c(O)c(S(=O)(=O)[O-])c(O)c2c1C(=O)c1ccccc1C2=O. The third-order valence-corrected chi connectivity index (χ3v) is 6.17. The van der Waals surface area contributed by atoms with E-state index in [1.165, 1.54) is 24.3 Å². The number of esters is 1. The summed E-state index contributed by atoms with van der Waals surface area (Å²) in [5.41, 5.74) is 1.69. The summed E-state index contributed by atoms with van der Waals surface area (Å²) in [7, 11) is -4.67. The first-order valence-corrected chi connectivity index (χ1v) is 10.6. The van der Waals surface area contributed by atoms with E-state index in [-0.39, 0.29) is 16.7 Å². The highest BCUT2D eigenvalue weighted by atomic mass is 32.2. The molecule has 1 aliphatic carbocycles. The van der Waals surface area contributed by atoms with Crippen LogP contribution in [0, 0.1) is 11.3 Å². The Labute approximate surface area is 190 Å². The van der Waals surface area contributed by atoms with E-state index in [0.29, 0.717) is 4.57 Å². The molecule has 0 saturated heterocycles. The number of anilines is 1. The largest absolute Gasteiger partial charge is 0.744 e. The first-order valence-electron chi connectivity index (χ1n) is 9.21. The Bertz CT molecular complexity index is 1610. The lowest BCUT2D eigenvalue weighted by Crippen LogP contribution is -2.25. The van der Waals surface area contributed by atoms with Crippen LogP contribution in [0.4, 0.5) is 5.69 Å². The molecule has 34 heavy (non-hydrogen) atoms. The number of nitrogens with zero attached hydrogens (tertiary/aromatic N) is 2. The molecule has 1 aliphatic rings. The van der Waals surface area contributed by atoms with Crippen molar-refractivity contribution in [3.05, 3.63) is 64.0 Å². The normalized spacial score (nSPS) is 12.6. The molecule has 1 heterocycles. The van der Waals surface area contributed by atoms with Gasteiger partial charge in [-0.3, -0.25) is 9.59 Å². The summed E-state index contributed by atoms with van der Waals surface area (Å²) < 4.78 is 41.1. The van der Waals surface area contributed by atoms with Crippen molar-refractivity contribution in [1.82, 2.24) is 4.57 Å². The average molecular weight is 482 g/mol. The number of hydrogen-bond donors (Lipinski definition) is 3. The monoisotopic (exact) mass is 482 g/mol. The summed E-state index contributed by atoms with van der Waals surface area (Å²) in [6.45, 7) is 0. The van der Waals surface area contributed by atoms with Crippen molar-refractivity contribution < 1.29 is 42.3 Å². The molecule has 0 bridgehead atoms. The molecule has 172 valence electrons. The molecule has 1 aromatic heterocycles. The van der Waals surface area contributed by atoms with Crippen LogP contribution in [0.1, 0.15) is 47.9 Å². The van der Waals surface area contributed by atoms with Gasteiger partial charge in [0.15, 0.2) is 23.0 Å². The molecule has 3 aromatic rings. The highest BCUT2D eigenvalue weighted by molar-refractivity contribution is 7.86. The molecular weight excluding hydrogens is 470 g/mol. The van der Waals surface area contributed by atoms with Gasteiger partial charge in [0.25, 0.3) is 0 Å². The van der Waals surface area contributed by atoms with Crippen molar-refractivity contribution in [1.29, 1.82) is 5.26 Å². The number of rotatable bonds is 3. The van der Waals surface area contributed by atoms with Crippen LogP contribution in [-0.4, -0.2) is 52.4 Å². The molecule has 0 atom stereocenters. The molecule has 0 aliphatic heterocycles. The summed E-state index contributed by atoms with van der Waals surface area (Å²) in [6, 6.07) is 7.06. The lowest BCUT2D eigenvalue weighted by molar-refractivity contribution is 0.0592. The standard InChI is InChI=1S/C21H13N3O9S/c1-33-21(29)15-13(23)8(6-22)7-24(15)14-11-12(18(27)20(19(14)28)34(30,31)32)17(26)10-5-3-2-4-9(10)16(11)25/h2-5,7,27-28H,23H2,1H3,(H,30,31,32)/p-1. The first-order chi connectivity index (χ1) is 15.9. The Morgan fingerprint density at radius 3 is 2.18 bits per heavy atom. The summed E-state index contributed by atoms with van der Waals surface area (Å²) in [6.07, 6.45) is 0.882. The fraction of sp³-hybridized carbons (Fsp3) is 0.0476. The van der Waals surface area contributed by atoms with Crippen molar-refractivity contribution in [2.75, 3.05) is 12.8 Å². The maximum atomic E-state index is 13.4. The Kier molecular flexibility index (Phi) is 4.93. The molecule has 0 spiro atoms. The van der Waals surface area contributed by atoms with Gasteiger partial charge in [-0.1, -0.05) is 24.3 Å². The first kappa shape index (κ1) is 22.5. The van der Waals surface area contributed by atoms with E-state index in [0.717, 1.165) is 13.3 Å². The fourth-order valence-electron chi connectivity index (χ4n) is 3.84. The van der Waals surface area contributed by atoms with Crippen LogP contribution >= 0.6 is 0 Å². The predicted octanol–water partition coefficient (Wildman–Crippen LogP) is 0.808. The molecule has 4 N–H and O–H groups in total. The highest BCUT2D eigenvalue weighted by Crippen LogP contribution is 2.47. The minimum absolute atomic E-state index is 0.155. The number of nitrogens with two attached hydrogens (primary N) is 1. The molecule has 12 nitrogen and oxygen atoms in total. The number of ketones is 2. The zero-order chi connectivity index (χ0) is 25.1. The van der Waals surface area contributed by atoms with Gasteiger partial charge in [-0.25, -0.2) is 13.2 Å². The molecule has 2 aromatic carbocycles. The van der Waals surface area contributed by atoms with Crippen molar-refractivity contribution in [3.63, 3.8) is 0 Å².